The Balaban J connectivity index is 1.84. The fraction of sp³-hybridized carbons (Fsp3) is 0.235. The zero-order valence-electron chi connectivity index (χ0n) is 10.6. The summed E-state index contributed by atoms with van der Waals surface area (Å²) < 4.78 is 13.6. The average molecular weight is 254 g/mol. The summed E-state index contributed by atoms with van der Waals surface area (Å²) in [4.78, 5) is 12.5. The highest BCUT2D eigenvalue weighted by molar-refractivity contribution is 5.94. The lowest BCUT2D eigenvalue weighted by atomic mass is 9.88. The van der Waals surface area contributed by atoms with Crippen LogP contribution in [-0.2, 0) is 16.6 Å². The van der Waals surface area contributed by atoms with Crippen LogP contribution in [0.15, 0.2) is 54.6 Å². The molecule has 1 saturated carbocycles. The zero-order chi connectivity index (χ0) is 13.3. The molecule has 0 radical (unpaired) electrons. The maximum atomic E-state index is 13.6. The van der Waals surface area contributed by atoms with E-state index in [2.05, 4.69) is 0 Å². The number of carbonyl (C=O) groups is 1. The van der Waals surface area contributed by atoms with Crippen LogP contribution in [0.3, 0.4) is 0 Å². The van der Waals surface area contributed by atoms with E-state index in [0.29, 0.717) is 5.56 Å². The van der Waals surface area contributed by atoms with Gasteiger partial charge in [-0.15, -0.1) is 0 Å². The van der Waals surface area contributed by atoms with E-state index in [1.165, 1.54) is 6.07 Å². The lowest BCUT2D eigenvalue weighted by Gasteiger charge is -2.14. The molecule has 2 aromatic carbocycles. The molecule has 96 valence electrons. The Morgan fingerprint density at radius 3 is 2.26 bits per heavy atom. The first-order chi connectivity index (χ1) is 9.22. The standard InChI is InChI=1S/C17H15FO/c18-15-9-5-4-6-13(15)12-16(19)17(10-11-17)14-7-2-1-3-8-14/h1-9H,10-12H2. The number of rotatable bonds is 4. The van der Waals surface area contributed by atoms with Gasteiger partial charge in [0, 0.05) is 6.42 Å². The van der Waals surface area contributed by atoms with E-state index in [1.807, 2.05) is 30.3 Å². The molecule has 0 aliphatic heterocycles. The van der Waals surface area contributed by atoms with Crippen molar-refractivity contribution >= 4 is 5.78 Å². The molecule has 0 N–H and O–H groups in total. The van der Waals surface area contributed by atoms with Gasteiger partial charge in [0.25, 0.3) is 0 Å². The Morgan fingerprint density at radius 1 is 1.00 bits per heavy atom. The topological polar surface area (TPSA) is 17.1 Å². The van der Waals surface area contributed by atoms with Crippen molar-refractivity contribution in [1.82, 2.24) is 0 Å². The Hall–Kier alpha value is -1.96. The number of carbonyl (C=O) groups excluding carboxylic acids is 1. The van der Waals surface area contributed by atoms with Gasteiger partial charge in [-0.3, -0.25) is 4.79 Å². The molecule has 0 spiro atoms. The van der Waals surface area contributed by atoms with E-state index in [1.54, 1.807) is 18.2 Å². The third-order valence-corrected chi connectivity index (χ3v) is 3.92. The van der Waals surface area contributed by atoms with E-state index < -0.39 is 0 Å². The minimum absolute atomic E-state index is 0.129. The molecular formula is C17H15FO. The summed E-state index contributed by atoms with van der Waals surface area (Å²) in [7, 11) is 0. The molecule has 0 aromatic heterocycles. The Labute approximate surface area is 112 Å². The number of halogens is 1. The average Bonchev–Trinajstić information content (AvgIpc) is 3.24. The van der Waals surface area contributed by atoms with Gasteiger partial charge < -0.3 is 0 Å². The van der Waals surface area contributed by atoms with E-state index in [4.69, 9.17) is 0 Å². The third-order valence-electron chi connectivity index (χ3n) is 3.92. The summed E-state index contributed by atoms with van der Waals surface area (Å²) in [5.41, 5.74) is 1.20. The summed E-state index contributed by atoms with van der Waals surface area (Å²) >= 11 is 0. The summed E-state index contributed by atoms with van der Waals surface area (Å²) in [6, 6.07) is 16.3. The number of hydrogen-bond donors (Lipinski definition) is 0. The van der Waals surface area contributed by atoms with Crippen molar-refractivity contribution in [2.75, 3.05) is 0 Å². The lowest BCUT2D eigenvalue weighted by molar-refractivity contribution is -0.120. The predicted molar refractivity (Wildman–Crippen MR) is 72.5 cm³/mol. The normalized spacial score (nSPS) is 16.1. The van der Waals surface area contributed by atoms with E-state index >= 15 is 0 Å². The molecule has 0 bridgehead atoms. The van der Waals surface area contributed by atoms with Gasteiger partial charge in [-0.2, -0.15) is 0 Å². The second-order valence-corrected chi connectivity index (χ2v) is 5.14. The van der Waals surface area contributed by atoms with Gasteiger partial charge in [-0.1, -0.05) is 48.5 Å². The van der Waals surface area contributed by atoms with Crippen LogP contribution in [-0.4, -0.2) is 5.78 Å². The monoisotopic (exact) mass is 254 g/mol. The maximum Gasteiger partial charge on any atom is 0.147 e. The first-order valence-electron chi connectivity index (χ1n) is 6.55. The van der Waals surface area contributed by atoms with Gasteiger partial charge in [-0.05, 0) is 30.0 Å². The van der Waals surface area contributed by atoms with Crippen LogP contribution < -0.4 is 0 Å². The van der Waals surface area contributed by atoms with Crippen LogP contribution in [0.5, 0.6) is 0 Å². The maximum absolute atomic E-state index is 13.6. The van der Waals surface area contributed by atoms with Crippen molar-refractivity contribution in [3.8, 4) is 0 Å². The molecule has 3 rings (SSSR count). The summed E-state index contributed by atoms with van der Waals surface area (Å²) in [6.07, 6.45) is 1.94. The first kappa shape index (κ1) is 12.1. The van der Waals surface area contributed by atoms with E-state index in [9.17, 15) is 9.18 Å². The smallest absolute Gasteiger partial charge is 0.147 e. The number of benzene rings is 2. The Bertz CT molecular complexity index is 600. The molecule has 1 aliphatic rings. The highest BCUT2D eigenvalue weighted by Gasteiger charge is 2.50. The number of Topliss-reactive ketones (excluding diaryl/α,β-unsaturated/α-hetero) is 1. The molecule has 1 aliphatic carbocycles. The van der Waals surface area contributed by atoms with Gasteiger partial charge in [0.1, 0.15) is 11.6 Å². The molecular weight excluding hydrogens is 239 g/mol. The van der Waals surface area contributed by atoms with Crippen LogP contribution in [0.1, 0.15) is 24.0 Å². The Morgan fingerprint density at radius 2 is 1.63 bits per heavy atom. The van der Waals surface area contributed by atoms with Gasteiger partial charge in [0.2, 0.25) is 0 Å². The molecule has 1 nitrogen and oxygen atoms in total. The van der Waals surface area contributed by atoms with Crippen LogP contribution in [0, 0.1) is 5.82 Å². The molecule has 2 heteroatoms. The highest BCUT2D eigenvalue weighted by Crippen LogP contribution is 2.49. The van der Waals surface area contributed by atoms with Crippen molar-refractivity contribution in [3.05, 3.63) is 71.5 Å². The summed E-state index contributed by atoms with van der Waals surface area (Å²) in [5, 5.41) is 0. The Kier molecular flexibility index (Phi) is 2.94. The molecule has 19 heavy (non-hydrogen) atoms. The van der Waals surface area contributed by atoms with Crippen molar-refractivity contribution in [1.29, 1.82) is 0 Å². The largest absolute Gasteiger partial charge is 0.298 e. The molecule has 0 atom stereocenters. The molecule has 0 unspecified atom stereocenters. The van der Waals surface area contributed by atoms with Crippen LogP contribution >= 0.6 is 0 Å². The van der Waals surface area contributed by atoms with Crippen molar-refractivity contribution < 1.29 is 9.18 Å². The van der Waals surface area contributed by atoms with Crippen LogP contribution in [0.2, 0.25) is 0 Å². The molecule has 2 aromatic rings. The minimum Gasteiger partial charge on any atom is -0.298 e. The second-order valence-electron chi connectivity index (χ2n) is 5.14. The van der Waals surface area contributed by atoms with Crippen molar-refractivity contribution in [2.45, 2.75) is 24.7 Å². The molecule has 1 fully saturated rings. The van der Waals surface area contributed by atoms with E-state index in [0.717, 1.165) is 18.4 Å². The minimum atomic E-state index is -0.358. The van der Waals surface area contributed by atoms with Crippen molar-refractivity contribution in [2.24, 2.45) is 0 Å². The highest BCUT2D eigenvalue weighted by atomic mass is 19.1. The molecule has 0 amide bonds. The van der Waals surface area contributed by atoms with Gasteiger partial charge in [-0.25, -0.2) is 4.39 Å². The van der Waals surface area contributed by atoms with E-state index in [-0.39, 0.29) is 23.4 Å². The van der Waals surface area contributed by atoms with Crippen molar-refractivity contribution in [3.63, 3.8) is 0 Å². The summed E-state index contributed by atoms with van der Waals surface area (Å²) in [5.74, 6) is -0.163. The fourth-order valence-electron chi connectivity index (χ4n) is 2.59. The zero-order valence-corrected chi connectivity index (χ0v) is 10.6. The quantitative estimate of drug-likeness (QED) is 0.813. The number of hydrogen-bond acceptors (Lipinski definition) is 1. The first-order valence-corrected chi connectivity index (χ1v) is 6.55. The fourth-order valence-corrected chi connectivity index (χ4v) is 2.59. The lowest BCUT2D eigenvalue weighted by Crippen LogP contribution is -2.22. The summed E-state index contributed by atoms with van der Waals surface area (Å²) in [6.45, 7) is 0. The van der Waals surface area contributed by atoms with Crippen LogP contribution in [0.4, 0.5) is 4.39 Å². The second kappa shape index (κ2) is 4.61. The molecule has 0 saturated heterocycles. The molecule has 0 heterocycles. The number of ketones is 1. The van der Waals surface area contributed by atoms with Gasteiger partial charge in [0.05, 0.1) is 5.41 Å². The third kappa shape index (κ3) is 2.19. The van der Waals surface area contributed by atoms with Crippen LogP contribution in [0.25, 0.3) is 0 Å². The van der Waals surface area contributed by atoms with Gasteiger partial charge >= 0.3 is 0 Å². The van der Waals surface area contributed by atoms with Gasteiger partial charge in [0.15, 0.2) is 0 Å². The SMILES string of the molecule is O=C(Cc1ccccc1F)C1(c2ccccc2)CC1. The predicted octanol–water partition coefficient (Wildman–Crippen LogP) is 3.67.